The van der Waals surface area contributed by atoms with Crippen LogP contribution in [0.3, 0.4) is 0 Å². The van der Waals surface area contributed by atoms with E-state index in [1.54, 1.807) is 6.20 Å². The maximum absolute atomic E-state index is 12.2. The summed E-state index contributed by atoms with van der Waals surface area (Å²) in [5.74, 6) is 0.195. The normalized spacial score (nSPS) is 24.1. The molecule has 4 nitrogen and oxygen atoms in total. The number of aromatic nitrogens is 1. The molecule has 0 spiro atoms. The summed E-state index contributed by atoms with van der Waals surface area (Å²) in [6, 6.07) is 4.67. The van der Waals surface area contributed by atoms with E-state index in [-0.39, 0.29) is 5.91 Å². The van der Waals surface area contributed by atoms with Crippen LogP contribution >= 0.6 is 0 Å². The number of hydrogen-bond acceptors (Lipinski definition) is 3. The summed E-state index contributed by atoms with van der Waals surface area (Å²) in [6.45, 7) is 7.77. The Labute approximate surface area is 108 Å². The summed E-state index contributed by atoms with van der Waals surface area (Å²) < 4.78 is 0. The average molecular weight is 247 g/mol. The molecular formula is C14H21N3O. The topological polar surface area (TPSA) is 45.2 Å². The zero-order valence-corrected chi connectivity index (χ0v) is 11.3. The molecular weight excluding hydrogens is 226 g/mol. The van der Waals surface area contributed by atoms with Crippen LogP contribution in [0.1, 0.15) is 25.1 Å². The van der Waals surface area contributed by atoms with Gasteiger partial charge in [0, 0.05) is 37.1 Å². The van der Waals surface area contributed by atoms with Crippen molar-refractivity contribution in [2.24, 2.45) is 0 Å². The number of piperazine rings is 1. The maximum Gasteiger partial charge on any atom is 0.227 e. The van der Waals surface area contributed by atoms with Crippen LogP contribution in [-0.2, 0) is 11.2 Å². The zero-order chi connectivity index (χ0) is 13.1. The number of carbonyl (C=O) groups excluding carboxylic acids is 1. The Morgan fingerprint density at radius 1 is 1.39 bits per heavy atom. The molecule has 1 amide bonds. The molecule has 1 aliphatic rings. The number of aryl methyl sites for hydroxylation is 1. The molecule has 1 aromatic heterocycles. The van der Waals surface area contributed by atoms with Gasteiger partial charge in [-0.2, -0.15) is 0 Å². The molecule has 1 aromatic rings. The van der Waals surface area contributed by atoms with E-state index >= 15 is 0 Å². The van der Waals surface area contributed by atoms with E-state index in [4.69, 9.17) is 0 Å². The highest BCUT2D eigenvalue weighted by Crippen LogP contribution is 2.08. The Morgan fingerprint density at radius 2 is 2.06 bits per heavy atom. The van der Waals surface area contributed by atoms with E-state index in [2.05, 4.69) is 24.1 Å². The predicted molar refractivity (Wildman–Crippen MR) is 71.3 cm³/mol. The van der Waals surface area contributed by atoms with E-state index in [9.17, 15) is 4.79 Å². The maximum atomic E-state index is 12.2. The molecule has 1 fully saturated rings. The van der Waals surface area contributed by atoms with Crippen LogP contribution in [0.5, 0.6) is 0 Å². The Kier molecular flexibility index (Phi) is 3.97. The number of nitrogens with zero attached hydrogens (tertiary/aromatic N) is 2. The lowest BCUT2D eigenvalue weighted by atomic mass is 10.1. The van der Waals surface area contributed by atoms with E-state index in [0.717, 1.165) is 24.3 Å². The lowest BCUT2D eigenvalue weighted by molar-refractivity contribution is -0.132. The predicted octanol–water partition coefficient (Wildman–Crippen LogP) is 1.14. The number of hydrogen-bond donors (Lipinski definition) is 1. The van der Waals surface area contributed by atoms with E-state index < -0.39 is 0 Å². The van der Waals surface area contributed by atoms with Crippen LogP contribution in [0.2, 0.25) is 0 Å². The Morgan fingerprint density at radius 3 is 2.61 bits per heavy atom. The summed E-state index contributed by atoms with van der Waals surface area (Å²) in [5, 5.41) is 3.43. The van der Waals surface area contributed by atoms with Crippen LogP contribution < -0.4 is 5.32 Å². The van der Waals surface area contributed by atoms with Crippen molar-refractivity contribution in [2.45, 2.75) is 39.3 Å². The fraction of sp³-hybridized carbons (Fsp3) is 0.571. The van der Waals surface area contributed by atoms with Crippen molar-refractivity contribution in [3.8, 4) is 0 Å². The molecule has 0 bridgehead atoms. The fourth-order valence-corrected chi connectivity index (χ4v) is 2.42. The third-order valence-electron chi connectivity index (χ3n) is 3.24. The van der Waals surface area contributed by atoms with Crippen LogP contribution in [0.4, 0.5) is 0 Å². The molecule has 0 aromatic carbocycles. The van der Waals surface area contributed by atoms with Gasteiger partial charge in [-0.15, -0.1) is 0 Å². The van der Waals surface area contributed by atoms with E-state index in [1.165, 1.54) is 0 Å². The van der Waals surface area contributed by atoms with Crippen molar-refractivity contribution >= 4 is 5.91 Å². The molecule has 1 saturated heterocycles. The van der Waals surface area contributed by atoms with Gasteiger partial charge in [-0.3, -0.25) is 9.78 Å². The lowest BCUT2D eigenvalue weighted by Crippen LogP contribution is -2.56. The molecule has 2 unspecified atom stereocenters. The van der Waals surface area contributed by atoms with Crippen molar-refractivity contribution in [3.63, 3.8) is 0 Å². The Bertz CT molecular complexity index is 406. The zero-order valence-electron chi connectivity index (χ0n) is 11.3. The van der Waals surface area contributed by atoms with Crippen molar-refractivity contribution < 1.29 is 4.79 Å². The second-order valence-electron chi connectivity index (χ2n) is 5.25. The molecule has 2 atom stereocenters. The number of amides is 1. The summed E-state index contributed by atoms with van der Waals surface area (Å²) in [4.78, 5) is 18.4. The second-order valence-corrected chi connectivity index (χ2v) is 5.25. The molecule has 0 radical (unpaired) electrons. The van der Waals surface area contributed by atoms with Gasteiger partial charge in [0.25, 0.3) is 0 Å². The molecule has 4 heteroatoms. The highest BCUT2D eigenvalue weighted by molar-refractivity contribution is 5.78. The minimum atomic E-state index is 0.195. The van der Waals surface area contributed by atoms with Crippen molar-refractivity contribution in [1.29, 1.82) is 0 Å². The number of rotatable bonds is 2. The van der Waals surface area contributed by atoms with Gasteiger partial charge in [0.15, 0.2) is 0 Å². The van der Waals surface area contributed by atoms with Gasteiger partial charge in [-0.25, -0.2) is 0 Å². The Balaban J connectivity index is 1.97. The summed E-state index contributed by atoms with van der Waals surface area (Å²) in [6.07, 6.45) is 2.25. The van der Waals surface area contributed by atoms with Crippen molar-refractivity contribution in [3.05, 3.63) is 29.6 Å². The van der Waals surface area contributed by atoms with Gasteiger partial charge in [0.05, 0.1) is 6.42 Å². The molecule has 2 rings (SSSR count). The monoisotopic (exact) mass is 247 g/mol. The van der Waals surface area contributed by atoms with Gasteiger partial charge >= 0.3 is 0 Å². The molecule has 0 saturated carbocycles. The first kappa shape index (κ1) is 13.0. The van der Waals surface area contributed by atoms with Crippen molar-refractivity contribution in [1.82, 2.24) is 15.2 Å². The first-order valence-corrected chi connectivity index (χ1v) is 6.50. The molecule has 0 aliphatic carbocycles. The number of pyridine rings is 1. The minimum Gasteiger partial charge on any atom is -0.339 e. The number of carbonyl (C=O) groups is 1. The highest BCUT2D eigenvalue weighted by Gasteiger charge is 2.24. The molecule has 2 heterocycles. The number of nitrogens with one attached hydrogen (secondary N) is 1. The van der Waals surface area contributed by atoms with Crippen LogP contribution in [0, 0.1) is 6.92 Å². The van der Waals surface area contributed by atoms with Crippen molar-refractivity contribution in [2.75, 3.05) is 13.1 Å². The largest absolute Gasteiger partial charge is 0.339 e. The smallest absolute Gasteiger partial charge is 0.227 e. The quantitative estimate of drug-likeness (QED) is 0.852. The third-order valence-corrected chi connectivity index (χ3v) is 3.24. The third kappa shape index (κ3) is 3.29. The van der Waals surface area contributed by atoms with Crippen LogP contribution in [-0.4, -0.2) is 41.0 Å². The van der Waals surface area contributed by atoms with Gasteiger partial charge in [0.2, 0.25) is 5.91 Å². The SMILES string of the molecule is Cc1ccc(CC(=O)N2CC(C)NC(C)C2)cn1. The first-order chi connectivity index (χ1) is 8.54. The Hall–Kier alpha value is -1.42. The van der Waals surface area contributed by atoms with Crippen LogP contribution in [0.15, 0.2) is 18.3 Å². The van der Waals surface area contributed by atoms with E-state index in [0.29, 0.717) is 18.5 Å². The molecule has 1 N–H and O–H groups in total. The fourth-order valence-electron chi connectivity index (χ4n) is 2.42. The second kappa shape index (κ2) is 5.48. The lowest BCUT2D eigenvalue weighted by Gasteiger charge is -2.36. The van der Waals surface area contributed by atoms with Crippen LogP contribution in [0.25, 0.3) is 0 Å². The molecule has 18 heavy (non-hydrogen) atoms. The van der Waals surface area contributed by atoms with Gasteiger partial charge < -0.3 is 10.2 Å². The average Bonchev–Trinajstić information content (AvgIpc) is 2.31. The van der Waals surface area contributed by atoms with Gasteiger partial charge in [-0.1, -0.05) is 6.07 Å². The summed E-state index contributed by atoms with van der Waals surface area (Å²) >= 11 is 0. The highest BCUT2D eigenvalue weighted by atomic mass is 16.2. The molecule has 1 aliphatic heterocycles. The minimum absolute atomic E-state index is 0.195. The standard InChI is InChI=1S/C14H21N3O/c1-10-4-5-13(7-15-10)6-14(18)17-8-11(2)16-12(3)9-17/h4-5,7,11-12,16H,6,8-9H2,1-3H3. The molecule has 98 valence electrons. The van der Waals surface area contributed by atoms with Gasteiger partial charge in [-0.05, 0) is 32.4 Å². The summed E-state index contributed by atoms with van der Waals surface area (Å²) in [7, 11) is 0. The summed E-state index contributed by atoms with van der Waals surface area (Å²) in [5.41, 5.74) is 1.97. The van der Waals surface area contributed by atoms with Gasteiger partial charge in [0.1, 0.15) is 0 Å². The first-order valence-electron chi connectivity index (χ1n) is 6.50. The van der Waals surface area contributed by atoms with E-state index in [1.807, 2.05) is 24.0 Å².